The molecule has 0 N–H and O–H groups in total. The van der Waals surface area contributed by atoms with Gasteiger partial charge in [-0.15, -0.1) is 0 Å². The summed E-state index contributed by atoms with van der Waals surface area (Å²) in [5.74, 6) is 0. The van der Waals surface area contributed by atoms with E-state index in [2.05, 4.69) is 181 Å². The average molecular weight is 691 g/mol. The highest BCUT2D eigenvalue weighted by atomic mass is 32.2. The smallest absolute Gasteiger partial charge is 0.0973 e. The van der Waals surface area contributed by atoms with Gasteiger partial charge in [0.05, 0.1) is 45.2 Å². The monoisotopic (exact) mass is 690 g/mol. The summed E-state index contributed by atoms with van der Waals surface area (Å²) in [4.78, 5) is 20.3. The third-order valence-corrected chi connectivity index (χ3v) is 11.8. The first kappa shape index (κ1) is 30.0. The lowest BCUT2D eigenvalue weighted by atomic mass is 10.0. The molecule has 0 radical (unpaired) electrons. The molecule has 0 amide bonds. The molecule has 6 heteroatoms. The maximum Gasteiger partial charge on any atom is 0.0973 e. The summed E-state index contributed by atoms with van der Waals surface area (Å²) in [6, 6.07) is 58.3. The highest BCUT2D eigenvalue weighted by molar-refractivity contribution is 8.00. The van der Waals surface area contributed by atoms with Crippen LogP contribution in [0.4, 0.5) is 34.1 Å². The zero-order valence-electron chi connectivity index (χ0n) is 27.7. The minimum Gasteiger partial charge on any atom is -0.308 e. The number of aromatic nitrogens is 2. The molecular formula is C45H30N4S2. The van der Waals surface area contributed by atoms with Crippen molar-refractivity contribution in [3.63, 3.8) is 0 Å². The zero-order chi connectivity index (χ0) is 33.9. The van der Waals surface area contributed by atoms with Crippen LogP contribution in [-0.2, 0) is 0 Å². The van der Waals surface area contributed by atoms with E-state index in [0.717, 1.165) is 50.5 Å². The van der Waals surface area contributed by atoms with Crippen LogP contribution in [0.1, 0.15) is 5.56 Å². The number of rotatable bonds is 4. The van der Waals surface area contributed by atoms with Crippen molar-refractivity contribution in [1.82, 2.24) is 9.97 Å². The molecule has 0 unspecified atom stereocenters. The summed E-state index contributed by atoms with van der Waals surface area (Å²) < 4.78 is 0. The molecule has 0 spiro atoms. The second-order valence-corrected chi connectivity index (χ2v) is 14.9. The summed E-state index contributed by atoms with van der Waals surface area (Å²) in [6.07, 6.45) is 0. The fourth-order valence-electron chi connectivity index (χ4n) is 7.12. The summed E-state index contributed by atoms with van der Waals surface area (Å²) in [6.45, 7) is 2.11. The van der Waals surface area contributed by atoms with E-state index >= 15 is 0 Å². The van der Waals surface area contributed by atoms with Crippen molar-refractivity contribution in [3.8, 4) is 22.5 Å². The highest BCUT2D eigenvalue weighted by Crippen LogP contribution is 2.53. The standard InChI is InChI=1S/C45H30N4S2/c1-29-11-10-12-34-43(29)47-45(31-23-27-33(28-24-31)49-37-15-4-8-19-41(37)51-42-20-9-5-16-38(42)49)44(46-34)30-21-25-32(26-22-30)48-35-13-2-6-17-39(35)50-40-18-7-3-14-36(40)48/h2-28H,1H3. The van der Waals surface area contributed by atoms with E-state index in [1.165, 1.54) is 42.3 Å². The van der Waals surface area contributed by atoms with E-state index in [1.54, 1.807) is 0 Å². The van der Waals surface area contributed by atoms with Gasteiger partial charge in [-0.3, -0.25) is 0 Å². The largest absolute Gasteiger partial charge is 0.308 e. The molecule has 7 aromatic carbocycles. The van der Waals surface area contributed by atoms with Crippen molar-refractivity contribution in [2.24, 2.45) is 0 Å². The Kier molecular flexibility index (Phi) is 7.18. The summed E-state index contributed by atoms with van der Waals surface area (Å²) in [5, 5.41) is 0. The fraction of sp³-hybridized carbons (Fsp3) is 0.0222. The Labute approximate surface area is 305 Å². The molecule has 242 valence electrons. The third kappa shape index (κ3) is 5.10. The first-order chi connectivity index (χ1) is 25.2. The van der Waals surface area contributed by atoms with E-state index < -0.39 is 0 Å². The van der Waals surface area contributed by atoms with Gasteiger partial charge in [0.15, 0.2) is 0 Å². The quantitative estimate of drug-likeness (QED) is 0.183. The van der Waals surface area contributed by atoms with Gasteiger partial charge in [0.2, 0.25) is 0 Å². The van der Waals surface area contributed by atoms with Crippen molar-refractivity contribution in [1.29, 1.82) is 0 Å². The molecule has 8 aromatic rings. The third-order valence-electron chi connectivity index (χ3n) is 9.56. The molecule has 51 heavy (non-hydrogen) atoms. The molecular weight excluding hydrogens is 661 g/mol. The Morgan fingerprint density at radius 3 is 1.22 bits per heavy atom. The number of nitrogens with zero attached hydrogens (tertiary/aromatic N) is 4. The van der Waals surface area contributed by atoms with Crippen molar-refractivity contribution in [3.05, 3.63) is 169 Å². The number of hydrogen-bond donors (Lipinski definition) is 0. The summed E-state index contributed by atoms with van der Waals surface area (Å²) in [7, 11) is 0. The van der Waals surface area contributed by atoms with Crippen LogP contribution in [0.15, 0.2) is 183 Å². The van der Waals surface area contributed by atoms with Crippen molar-refractivity contribution >= 4 is 68.7 Å². The molecule has 2 aliphatic heterocycles. The maximum absolute atomic E-state index is 5.31. The van der Waals surface area contributed by atoms with Crippen LogP contribution >= 0.6 is 23.5 Å². The van der Waals surface area contributed by atoms with Crippen LogP contribution in [0.5, 0.6) is 0 Å². The van der Waals surface area contributed by atoms with E-state index in [1.807, 2.05) is 23.5 Å². The second kappa shape index (κ2) is 12.2. The lowest BCUT2D eigenvalue weighted by Gasteiger charge is -2.33. The Balaban J connectivity index is 1.07. The van der Waals surface area contributed by atoms with Crippen molar-refractivity contribution in [2.75, 3.05) is 9.80 Å². The zero-order valence-corrected chi connectivity index (χ0v) is 29.3. The molecule has 1 aromatic heterocycles. The van der Waals surface area contributed by atoms with Gasteiger partial charge < -0.3 is 9.80 Å². The molecule has 3 heterocycles. The number of fused-ring (bicyclic) bond motifs is 5. The average Bonchev–Trinajstić information content (AvgIpc) is 3.19. The SMILES string of the molecule is Cc1cccc2nc(-c3ccc(N4c5ccccc5Sc5ccccc54)cc3)c(-c3ccc(N4c5ccccc5Sc5ccccc54)cc3)nc12. The van der Waals surface area contributed by atoms with Crippen LogP contribution < -0.4 is 9.80 Å². The van der Waals surface area contributed by atoms with Crippen LogP contribution in [0.25, 0.3) is 33.5 Å². The van der Waals surface area contributed by atoms with Gasteiger partial charge in [0, 0.05) is 42.1 Å². The molecule has 0 atom stereocenters. The van der Waals surface area contributed by atoms with Gasteiger partial charge in [-0.25, -0.2) is 9.97 Å². The second-order valence-electron chi connectivity index (χ2n) is 12.7. The fourth-order valence-corrected chi connectivity index (χ4v) is 9.24. The molecule has 0 saturated heterocycles. The lowest BCUT2D eigenvalue weighted by molar-refractivity contribution is 1.16. The van der Waals surface area contributed by atoms with Gasteiger partial charge in [-0.1, -0.05) is 108 Å². The number of hydrogen-bond acceptors (Lipinski definition) is 6. The van der Waals surface area contributed by atoms with Crippen molar-refractivity contribution < 1.29 is 0 Å². The molecule has 0 fully saturated rings. The Morgan fingerprint density at radius 1 is 0.392 bits per heavy atom. The normalized spacial score (nSPS) is 13.0. The van der Waals surface area contributed by atoms with Gasteiger partial charge >= 0.3 is 0 Å². The van der Waals surface area contributed by atoms with Crippen LogP contribution in [0.3, 0.4) is 0 Å². The first-order valence-electron chi connectivity index (χ1n) is 17.0. The number of para-hydroxylation sites is 5. The molecule has 0 aliphatic carbocycles. The number of anilines is 6. The van der Waals surface area contributed by atoms with E-state index in [4.69, 9.17) is 9.97 Å². The highest BCUT2D eigenvalue weighted by Gasteiger charge is 2.26. The molecule has 0 saturated carbocycles. The lowest BCUT2D eigenvalue weighted by Crippen LogP contribution is -2.14. The maximum atomic E-state index is 5.31. The van der Waals surface area contributed by atoms with Gasteiger partial charge in [0.1, 0.15) is 0 Å². The van der Waals surface area contributed by atoms with E-state index in [9.17, 15) is 0 Å². The van der Waals surface area contributed by atoms with Gasteiger partial charge in [-0.2, -0.15) is 0 Å². The van der Waals surface area contributed by atoms with E-state index in [0.29, 0.717) is 0 Å². The first-order valence-corrected chi connectivity index (χ1v) is 18.6. The Morgan fingerprint density at radius 2 is 0.784 bits per heavy atom. The Bertz CT molecular complexity index is 2530. The van der Waals surface area contributed by atoms with Crippen LogP contribution in [-0.4, -0.2) is 9.97 Å². The minimum atomic E-state index is 0.868. The van der Waals surface area contributed by atoms with Crippen LogP contribution in [0, 0.1) is 6.92 Å². The van der Waals surface area contributed by atoms with E-state index in [-0.39, 0.29) is 0 Å². The van der Waals surface area contributed by atoms with Crippen molar-refractivity contribution in [2.45, 2.75) is 26.5 Å². The summed E-state index contributed by atoms with van der Waals surface area (Å²) >= 11 is 3.64. The number of aryl methyl sites for hydroxylation is 1. The van der Waals surface area contributed by atoms with Gasteiger partial charge in [-0.05, 0) is 91.3 Å². The topological polar surface area (TPSA) is 32.3 Å². The Hall–Kier alpha value is -5.82. The predicted octanol–water partition coefficient (Wildman–Crippen LogP) is 13.1. The minimum absolute atomic E-state index is 0.868. The molecule has 2 aliphatic rings. The molecule has 10 rings (SSSR count). The summed E-state index contributed by atoms with van der Waals surface area (Å²) in [5.41, 5.74) is 13.7. The number of benzene rings is 7. The molecule has 0 bridgehead atoms. The predicted molar refractivity (Wildman–Crippen MR) is 213 cm³/mol. The van der Waals surface area contributed by atoms with Crippen LogP contribution in [0.2, 0.25) is 0 Å². The molecule has 4 nitrogen and oxygen atoms in total. The van der Waals surface area contributed by atoms with Gasteiger partial charge in [0.25, 0.3) is 0 Å².